The van der Waals surface area contributed by atoms with E-state index in [9.17, 15) is 14.7 Å². The minimum atomic E-state index is -1.01. The van der Waals surface area contributed by atoms with Gasteiger partial charge in [-0.25, -0.2) is 14.6 Å². The van der Waals surface area contributed by atoms with Crippen molar-refractivity contribution in [1.29, 1.82) is 0 Å². The fourth-order valence-electron chi connectivity index (χ4n) is 2.36. The first kappa shape index (κ1) is 16.1. The Balaban J connectivity index is 1.99. The van der Waals surface area contributed by atoms with E-state index in [-0.39, 0.29) is 11.6 Å². The van der Waals surface area contributed by atoms with Crippen molar-refractivity contribution in [2.75, 3.05) is 18.0 Å². The van der Waals surface area contributed by atoms with Crippen LogP contribution in [0.15, 0.2) is 18.3 Å². The Bertz CT molecular complexity index is 568. The summed E-state index contributed by atoms with van der Waals surface area (Å²) in [6.07, 6.45) is 1.82. The van der Waals surface area contributed by atoms with Crippen molar-refractivity contribution in [2.24, 2.45) is 0 Å². The van der Waals surface area contributed by atoms with Crippen LogP contribution in [0.4, 0.5) is 10.6 Å². The molecule has 1 saturated heterocycles. The second-order valence-corrected chi connectivity index (χ2v) is 6.26. The lowest BCUT2D eigenvalue weighted by molar-refractivity contribution is 0.0508. The Labute approximate surface area is 129 Å². The minimum absolute atomic E-state index is 0.0847. The molecule has 7 heteroatoms. The summed E-state index contributed by atoms with van der Waals surface area (Å²) in [7, 11) is 0. The third-order valence-electron chi connectivity index (χ3n) is 3.23. The third kappa shape index (κ3) is 4.09. The topological polar surface area (TPSA) is 91.8 Å². The van der Waals surface area contributed by atoms with Crippen molar-refractivity contribution >= 4 is 17.9 Å². The van der Waals surface area contributed by atoms with Crippen molar-refractivity contribution in [3.05, 3.63) is 23.9 Å². The van der Waals surface area contributed by atoms with Crippen LogP contribution in [0, 0.1) is 0 Å². The number of pyridine rings is 1. The number of carbonyl (C=O) groups is 2. The van der Waals surface area contributed by atoms with E-state index >= 15 is 0 Å². The highest BCUT2D eigenvalue weighted by molar-refractivity contribution is 5.93. The van der Waals surface area contributed by atoms with Crippen LogP contribution in [0.5, 0.6) is 0 Å². The van der Waals surface area contributed by atoms with Gasteiger partial charge in [0.2, 0.25) is 0 Å². The molecule has 2 heterocycles. The molecule has 0 unspecified atom stereocenters. The molecular weight excluding hydrogens is 286 g/mol. The first-order valence-electron chi connectivity index (χ1n) is 7.19. The quantitative estimate of drug-likeness (QED) is 0.886. The van der Waals surface area contributed by atoms with Crippen molar-refractivity contribution in [3.63, 3.8) is 0 Å². The Kier molecular flexibility index (Phi) is 4.54. The number of anilines is 1. The molecular formula is C15H21N3O4. The van der Waals surface area contributed by atoms with Crippen LogP contribution in [-0.2, 0) is 4.74 Å². The number of carbonyl (C=O) groups excluding carboxylic acids is 1. The third-order valence-corrected chi connectivity index (χ3v) is 3.23. The number of rotatable bonds is 3. The van der Waals surface area contributed by atoms with Crippen LogP contribution in [0.25, 0.3) is 0 Å². The van der Waals surface area contributed by atoms with Gasteiger partial charge in [-0.3, -0.25) is 0 Å². The highest BCUT2D eigenvalue weighted by Crippen LogP contribution is 2.22. The zero-order valence-electron chi connectivity index (χ0n) is 13.0. The molecule has 2 rings (SSSR count). The summed E-state index contributed by atoms with van der Waals surface area (Å²) in [5, 5.41) is 12.0. The molecule has 1 aliphatic rings. The Hall–Kier alpha value is -2.31. The summed E-state index contributed by atoms with van der Waals surface area (Å²) in [5.74, 6) is -0.574. The van der Waals surface area contributed by atoms with Gasteiger partial charge >= 0.3 is 12.1 Å². The predicted octanol–water partition coefficient (Wildman–Crippen LogP) is 1.88. The number of aromatic nitrogens is 1. The molecule has 0 bridgehead atoms. The number of aromatic carboxylic acids is 1. The summed E-state index contributed by atoms with van der Waals surface area (Å²) in [4.78, 5) is 29.0. The van der Waals surface area contributed by atoms with Gasteiger partial charge in [0.1, 0.15) is 17.0 Å². The van der Waals surface area contributed by atoms with Crippen LogP contribution >= 0.6 is 0 Å². The van der Waals surface area contributed by atoms with E-state index in [1.807, 2.05) is 4.90 Å². The SMILES string of the molecule is CC(C)(C)OC(=O)N[C@@H]1CCN(c2ncccc2C(=O)O)C1. The van der Waals surface area contributed by atoms with Gasteiger partial charge < -0.3 is 20.1 Å². The average Bonchev–Trinajstić information content (AvgIpc) is 2.84. The predicted molar refractivity (Wildman–Crippen MR) is 81.2 cm³/mol. The maximum Gasteiger partial charge on any atom is 0.407 e. The number of carboxylic acid groups (broad SMARTS) is 1. The summed E-state index contributed by atoms with van der Waals surface area (Å²) in [5.41, 5.74) is -0.375. The molecule has 120 valence electrons. The summed E-state index contributed by atoms with van der Waals surface area (Å²) >= 11 is 0. The molecule has 0 radical (unpaired) electrons. The minimum Gasteiger partial charge on any atom is -0.478 e. The standard InChI is InChI=1S/C15H21N3O4/c1-15(2,3)22-14(21)17-10-6-8-18(9-10)12-11(13(19)20)5-4-7-16-12/h4-5,7,10H,6,8-9H2,1-3H3,(H,17,21)(H,19,20)/t10-/m1/s1. The average molecular weight is 307 g/mol. The molecule has 0 aliphatic carbocycles. The molecule has 1 fully saturated rings. The molecule has 0 spiro atoms. The Morgan fingerprint density at radius 2 is 2.18 bits per heavy atom. The zero-order chi connectivity index (χ0) is 16.3. The maximum absolute atomic E-state index is 11.8. The van der Waals surface area contributed by atoms with E-state index in [0.29, 0.717) is 18.9 Å². The highest BCUT2D eigenvalue weighted by Gasteiger charge is 2.28. The van der Waals surface area contributed by atoms with Crippen molar-refractivity contribution in [3.8, 4) is 0 Å². The van der Waals surface area contributed by atoms with Crippen LogP contribution in [0.1, 0.15) is 37.6 Å². The fourth-order valence-corrected chi connectivity index (χ4v) is 2.36. The number of carboxylic acids is 1. The molecule has 22 heavy (non-hydrogen) atoms. The van der Waals surface area contributed by atoms with Gasteiger partial charge in [0.15, 0.2) is 0 Å². The van der Waals surface area contributed by atoms with Crippen LogP contribution in [-0.4, -0.2) is 46.9 Å². The van der Waals surface area contributed by atoms with Gasteiger partial charge in [-0.15, -0.1) is 0 Å². The molecule has 7 nitrogen and oxygen atoms in total. The van der Waals surface area contributed by atoms with Gasteiger partial charge in [0, 0.05) is 19.3 Å². The molecule has 1 aliphatic heterocycles. The molecule has 0 aromatic carbocycles. The number of hydrogen-bond acceptors (Lipinski definition) is 5. The largest absolute Gasteiger partial charge is 0.478 e. The molecule has 0 saturated carbocycles. The fraction of sp³-hybridized carbons (Fsp3) is 0.533. The lowest BCUT2D eigenvalue weighted by Crippen LogP contribution is -2.40. The molecule has 1 atom stereocenters. The summed E-state index contributed by atoms with van der Waals surface area (Å²) in [6.45, 7) is 6.57. The van der Waals surface area contributed by atoms with Gasteiger partial charge in [0.25, 0.3) is 0 Å². The van der Waals surface area contributed by atoms with Gasteiger partial charge in [-0.1, -0.05) is 0 Å². The van der Waals surface area contributed by atoms with Crippen LogP contribution < -0.4 is 10.2 Å². The number of amides is 1. The van der Waals surface area contributed by atoms with Gasteiger partial charge in [-0.05, 0) is 39.3 Å². The van der Waals surface area contributed by atoms with E-state index in [1.165, 1.54) is 6.07 Å². The Morgan fingerprint density at radius 3 is 2.82 bits per heavy atom. The van der Waals surface area contributed by atoms with Crippen molar-refractivity contribution in [2.45, 2.75) is 38.8 Å². The van der Waals surface area contributed by atoms with Gasteiger partial charge in [-0.2, -0.15) is 0 Å². The van der Waals surface area contributed by atoms with E-state index in [1.54, 1.807) is 33.0 Å². The summed E-state index contributed by atoms with van der Waals surface area (Å²) in [6, 6.07) is 3.04. The van der Waals surface area contributed by atoms with E-state index in [0.717, 1.165) is 6.42 Å². The summed E-state index contributed by atoms with van der Waals surface area (Å²) < 4.78 is 5.22. The maximum atomic E-state index is 11.8. The van der Waals surface area contributed by atoms with Crippen LogP contribution in [0.3, 0.4) is 0 Å². The normalized spacial score (nSPS) is 18.1. The van der Waals surface area contributed by atoms with E-state index in [4.69, 9.17) is 4.74 Å². The monoisotopic (exact) mass is 307 g/mol. The smallest absolute Gasteiger partial charge is 0.407 e. The van der Waals surface area contributed by atoms with E-state index < -0.39 is 17.7 Å². The molecule has 2 N–H and O–H groups in total. The lowest BCUT2D eigenvalue weighted by Gasteiger charge is -2.22. The zero-order valence-corrected chi connectivity index (χ0v) is 13.0. The number of nitrogens with one attached hydrogen (secondary N) is 1. The second-order valence-electron chi connectivity index (χ2n) is 6.26. The second kappa shape index (κ2) is 6.21. The number of alkyl carbamates (subject to hydrolysis) is 1. The number of hydrogen-bond donors (Lipinski definition) is 2. The molecule has 1 amide bonds. The van der Waals surface area contributed by atoms with E-state index in [2.05, 4.69) is 10.3 Å². The Morgan fingerprint density at radius 1 is 1.45 bits per heavy atom. The molecule has 1 aromatic rings. The lowest BCUT2D eigenvalue weighted by atomic mass is 10.2. The van der Waals surface area contributed by atoms with Crippen molar-refractivity contribution in [1.82, 2.24) is 10.3 Å². The number of nitrogens with zero attached hydrogens (tertiary/aromatic N) is 2. The molecule has 1 aromatic heterocycles. The first-order valence-corrected chi connectivity index (χ1v) is 7.19. The van der Waals surface area contributed by atoms with Gasteiger partial charge in [0.05, 0.1) is 6.04 Å². The highest BCUT2D eigenvalue weighted by atomic mass is 16.6. The van der Waals surface area contributed by atoms with Crippen LogP contribution in [0.2, 0.25) is 0 Å². The number of ether oxygens (including phenoxy) is 1. The van der Waals surface area contributed by atoms with Crippen molar-refractivity contribution < 1.29 is 19.4 Å². The first-order chi connectivity index (χ1) is 10.3.